The molecule has 3 N–H and O–H groups in total. The van der Waals surface area contributed by atoms with E-state index < -0.39 is 5.54 Å². The van der Waals surface area contributed by atoms with Crippen molar-refractivity contribution in [3.63, 3.8) is 0 Å². The highest BCUT2D eigenvalue weighted by molar-refractivity contribution is 6.09. The number of aliphatic imine (C=N–C) groups is 1. The van der Waals surface area contributed by atoms with E-state index in [9.17, 15) is 9.59 Å². The van der Waals surface area contributed by atoms with Crippen molar-refractivity contribution in [1.29, 1.82) is 0 Å². The normalized spacial score (nSPS) is 22.1. The van der Waals surface area contributed by atoms with Crippen molar-refractivity contribution in [2.45, 2.75) is 24.8 Å². The van der Waals surface area contributed by atoms with Crippen molar-refractivity contribution >= 4 is 17.8 Å². The number of nitrogens with two attached hydrogens (primary N) is 1. The molecule has 1 saturated heterocycles. The molecular weight excluding hydrogens is 340 g/mol. The minimum Gasteiger partial charge on any atom is -0.370 e. The van der Waals surface area contributed by atoms with Crippen molar-refractivity contribution in [3.05, 3.63) is 71.3 Å². The summed E-state index contributed by atoms with van der Waals surface area (Å²) in [7, 11) is 0. The SMILES string of the molecule is NC1=NC(c2ccccc2)(c2cccc(CCN3CCCC3=O)c2)C(=O)N1. The van der Waals surface area contributed by atoms with Crippen LogP contribution in [0.5, 0.6) is 0 Å². The first-order valence-electron chi connectivity index (χ1n) is 9.19. The molecule has 1 unspecified atom stereocenters. The lowest BCUT2D eigenvalue weighted by atomic mass is 9.82. The Labute approximate surface area is 158 Å². The van der Waals surface area contributed by atoms with E-state index in [1.54, 1.807) is 0 Å². The molecule has 0 bridgehead atoms. The lowest BCUT2D eigenvalue weighted by Gasteiger charge is -2.25. The van der Waals surface area contributed by atoms with Crippen LogP contribution < -0.4 is 11.1 Å². The van der Waals surface area contributed by atoms with E-state index in [1.807, 2.05) is 59.5 Å². The maximum absolute atomic E-state index is 12.9. The zero-order chi connectivity index (χ0) is 18.9. The maximum atomic E-state index is 12.9. The predicted molar refractivity (Wildman–Crippen MR) is 103 cm³/mol. The molecule has 2 aliphatic heterocycles. The van der Waals surface area contributed by atoms with Crippen molar-refractivity contribution in [1.82, 2.24) is 10.2 Å². The third-order valence-electron chi connectivity index (χ3n) is 5.24. The van der Waals surface area contributed by atoms with Crippen LogP contribution in [-0.4, -0.2) is 35.8 Å². The predicted octanol–water partition coefficient (Wildman–Crippen LogP) is 1.54. The minimum atomic E-state index is -1.18. The molecule has 2 amide bonds. The van der Waals surface area contributed by atoms with Gasteiger partial charge in [0.05, 0.1) is 0 Å². The fourth-order valence-corrected chi connectivity index (χ4v) is 3.86. The topological polar surface area (TPSA) is 87.8 Å². The summed E-state index contributed by atoms with van der Waals surface area (Å²) < 4.78 is 0. The Morgan fingerprint density at radius 1 is 1.07 bits per heavy atom. The second-order valence-electron chi connectivity index (χ2n) is 6.96. The van der Waals surface area contributed by atoms with Crippen LogP contribution in [0.2, 0.25) is 0 Å². The summed E-state index contributed by atoms with van der Waals surface area (Å²) in [5, 5.41) is 2.64. The lowest BCUT2D eigenvalue weighted by molar-refractivity contribution is -0.127. The average Bonchev–Trinajstić information content (AvgIpc) is 3.23. The largest absolute Gasteiger partial charge is 0.370 e. The highest BCUT2D eigenvalue weighted by atomic mass is 16.2. The summed E-state index contributed by atoms with van der Waals surface area (Å²) in [6.45, 7) is 1.52. The fraction of sp³-hybridized carbons (Fsp3) is 0.286. The van der Waals surface area contributed by atoms with Crippen molar-refractivity contribution < 1.29 is 9.59 Å². The summed E-state index contributed by atoms with van der Waals surface area (Å²) >= 11 is 0. The summed E-state index contributed by atoms with van der Waals surface area (Å²) in [6, 6.07) is 17.3. The van der Waals surface area contributed by atoms with E-state index in [-0.39, 0.29) is 17.8 Å². The molecule has 0 aromatic heterocycles. The van der Waals surface area contributed by atoms with Gasteiger partial charge in [0.25, 0.3) is 5.91 Å². The Bertz CT molecular complexity index is 909. The molecule has 27 heavy (non-hydrogen) atoms. The zero-order valence-electron chi connectivity index (χ0n) is 15.0. The Kier molecular flexibility index (Phi) is 4.39. The molecule has 0 spiro atoms. The van der Waals surface area contributed by atoms with Gasteiger partial charge in [-0.05, 0) is 29.5 Å². The van der Waals surface area contributed by atoms with Gasteiger partial charge in [0.1, 0.15) is 0 Å². The van der Waals surface area contributed by atoms with Gasteiger partial charge >= 0.3 is 0 Å². The first kappa shape index (κ1) is 17.3. The molecule has 2 aromatic rings. The smallest absolute Gasteiger partial charge is 0.263 e. The van der Waals surface area contributed by atoms with Crippen LogP contribution in [0, 0.1) is 0 Å². The van der Waals surface area contributed by atoms with E-state index in [0.717, 1.165) is 36.1 Å². The number of carbonyl (C=O) groups is 2. The van der Waals surface area contributed by atoms with Gasteiger partial charge in [-0.1, -0.05) is 54.6 Å². The lowest BCUT2D eigenvalue weighted by Crippen LogP contribution is -2.39. The Morgan fingerprint density at radius 3 is 2.52 bits per heavy atom. The van der Waals surface area contributed by atoms with Gasteiger partial charge in [0.15, 0.2) is 11.5 Å². The van der Waals surface area contributed by atoms with Crippen LogP contribution in [0.1, 0.15) is 29.5 Å². The van der Waals surface area contributed by atoms with Gasteiger partial charge in [0, 0.05) is 19.5 Å². The molecule has 1 atom stereocenters. The molecular formula is C21H22N4O2. The fourth-order valence-electron chi connectivity index (χ4n) is 3.86. The summed E-state index contributed by atoms with van der Waals surface area (Å²) in [4.78, 5) is 31.1. The second kappa shape index (κ2) is 6.87. The number of guanidine groups is 1. The van der Waals surface area contributed by atoms with Gasteiger partial charge in [-0.15, -0.1) is 0 Å². The number of carbonyl (C=O) groups excluding carboxylic acids is 2. The van der Waals surface area contributed by atoms with Gasteiger partial charge in [0.2, 0.25) is 5.91 Å². The van der Waals surface area contributed by atoms with Crippen molar-refractivity contribution in [2.24, 2.45) is 10.7 Å². The number of nitrogens with zero attached hydrogens (tertiary/aromatic N) is 2. The molecule has 2 aliphatic rings. The Hall–Kier alpha value is -3.15. The molecule has 1 fully saturated rings. The van der Waals surface area contributed by atoms with E-state index in [2.05, 4.69) is 10.3 Å². The first-order valence-corrected chi connectivity index (χ1v) is 9.19. The minimum absolute atomic E-state index is 0.122. The van der Waals surface area contributed by atoms with Crippen LogP contribution >= 0.6 is 0 Å². The number of likely N-dealkylation sites (tertiary alicyclic amines) is 1. The monoisotopic (exact) mass is 362 g/mol. The summed E-state index contributed by atoms with van der Waals surface area (Å²) in [6.07, 6.45) is 2.32. The molecule has 0 aliphatic carbocycles. The third kappa shape index (κ3) is 3.07. The molecule has 0 radical (unpaired) electrons. The number of hydrogen-bond donors (Lipinski definition) is 2. The molecule has 2 aromatic carbocycles. The van der Waals surface area contributed by atoms with Crippen LogP contribution in [-0.2, 0) is 21.5 Å². The quantitative estimate of drug-likeness (QED) is 0.846. The van der Waals surface area contributed by atoms with Crippen molar-refractivity contribution in [2.75, 3.05) is 13.1 Å². The van der Waals surface area contributed by atoms with E-state index in [1.165, 1.54) is 0 Å². The van der Waals surface area contributed by atoms with Crippen LogP contribution in [0.4, 0.5) is 0 Å². The van der Waals surface area contributed by atoms with Crippen molar-refractivity contribution in [3.8, 4) is 0 Å². The number of nitrogens with one attached hydrogen (secondary N) is 1. The van der Waals surface area contributed by atoms with E-state index in [0.29, 0.717) is 13.0 Å². The highest BCUT2D eigenvalue weighted by Gasteiger charge is 2.46. The molecule has 4 rings (SSSR count). The second-order valence-corrected chi connectivity index (χ2v) is 6.96. The number of benzene rings is 2. The average molecular weight is 362 g/mol. The van der Waals surface area contributed by atoms with Gasteiger partial charge in [-0.25, -0.2) is 4.99 Å². The van der Waals surface area contributed by atoms with Crippen LogP contribution in [0.3, 0.4) is 0 Å². The molecule has 6 heteroatoms. The standard InChI is InChI=1S/C21H22N4O2/c22-20-23-19(27)21(24-20,16-7-2-1-3-8-16)17-9-4-6-15(14-17)11-13-25-12-5-10-18(25)26/h1-4,6-9,14H,5,10-13H2,(H3,22,23,24,27). The van der Waals surface area contributed by atoms with Gasteiger partial charge < -0.3 is 10.6 Å². The van der Waals surface area contributed by atoms with Gasteiger partial charge in [-0.2, -0.15) is 0 Å². The number of rotatable bonds is 5. The third-order valence-corrected chi connectivity index (χ3v) is 5.24. The van der Waals surface area contributed by atoms with Gasteiger partial charge in [-0.3, -0.25) is 14.9 Å². The Morgan fingerprint density at radius 2 is 1.85 bits per heavy atom. The summed E-state index contributed by atoms with van der Waals surface area (Å²) in [5.41, 5.74) is 7.28. The van der Waals surface area contributed by atoms with E-state index in [4.69, 9.17) is 5.73 Å². The first-order chi connectivity index (χ1) is 13.1. The number of amides is 2. The maximum Gasteiger partial charge on any atom is 0.263 e. The molecule has 2 heterocycles. The summed E-state index contributed by atoms with van der Waals surface area (Å²) in [5.74, 6) is 0.0921. The molecule has 138 valence electrons. The number of hydrogen-bond acceptors (Lipinski definition) is 4. The van der Waals surface area contributed by atoms with Crippen LogP contribution in [0.25, 0.3) is 0 Å². The molecule has 0 saturated carbocycles. The Balaban J connectivity index is 1.68. The zero-order valence-corrected chi connectivity index (χ0v) is 15.0. The highest BCUT2D eigenvalue weighted by Crippen LogP contribution is 2.37. The molecule has 6 nitrogen and oxygen atoms in total. The van der Waals surface area contributed by atoms with Crippen LogP contribution in [0.15, 0.2) is 59.6 Å². The van der Waals surface area contributed by atoms with E-state index >= 15 is 0 Å².